The second-order valence-corrected chi connectivity index (χ2v) is 6.11. The third kappa shape index (κ3) is 5.69. The maximum absolute atomic E-state index is 13.3. The van der Waals surface area contributed by atoms with Gasteiger partial charge in [0.2, 0.25) is 0 Å². The van der Waals surface area contributed by atoms with Crippen molar-refractivity contribution in [1.82, 2.24) is 0 Å². The van der Waals surface area contributed by atoms with Crippen molar-refractivity contribution in [2.24, 2.45) is 0 Å². The average molecular weight is 302 g/mol. The fourth-order valence-electron chi connectivity index (χ4n) is 1.39. The van der Waals surface area contributed by atoms with E-state index in [1.165, 1.54) is 0 Å². The summed E-state index contributed by atoms with van der Waals surface area (Å²) in [7, 11) is 0. The van der Waals surface area contributed by atoms with Crippen LogP contribution in [-0.4, -0.2) is 28.9 Å². The summed E-state index contributed by atoms with van der Waals surface area (Å²) in [4.78, 5) is 23.1. The number of benzene rings is 1. The van der Waals surface area contributed by atoms with Gasteiger partial charge < -0.3 is 4.74 Å². The first-order valence-electron chi connectivity index (χ1n) is 5.97. The number of carbonyl (C=O) groups excluding carboxylic acids is 2. The van der Waals surface area contributed by atoms with Crippen LogP contribution in [0.1, 0.15) is 31.1 Å². The van der Waals surface area contributed by atoms with Crippen molar-refractivity contribution in [3.05, 3.63) is 35.4 Å². The maximum Gasteiger partial charge on any atom is 0.316 e. The molecule has 1 rings (SSSR count). The fourth-order valence-corrected chi connectivity index (χ4v) is 2.06. The maximum atomic E-state index is 13.3. The van der Waals surface area contributed by atoms with Crippen LogP contribution < -0.4 is 0 Å². The molecule has 0 saturated heterocycles. The van der Waals surface area contributed by atoms with Crippen LogP contribution >= 0.6 is 11.8 Å². The first kappa shape index (κ1) is 16.6. The van der Waals surface area contributed by atoms with Crippen LogP contribution in [-0.2, 0) is 9.53 Å². The van der Waals surface area contributed by atoms with E-state index < -0.39 is 29.0 Å². The molecule has 0 radical (unpaired) electrons. The van der Waals surface area contributed by atoms with Crippen molar-refractivity contribution >= 4 is 23.5 Å². The van der Waals surface area contributed by atoms with Gasteiger partial charge in [-0.2, -0.15) is 0 Å². The van der Waals surface area contributed by atoms with E-state index in [0.29, 0.717) is 6.07 Å². The van der Waals surface area contributed by atoms with Crippen LogP contribution in [0, 0.1) is 11.6 Å². The van der Waals surface area contributed by atoms with Gasteiger partial charge in [0.05, 0.1) is 17.1 Å². The Morgan fingerprint density at radius 3 is 2.40 bits per heavy atom. The number of thioether (sulfide) groups is 1. The summed E-state index contributed by atoms with van der Waals surface area (Å²) >= 11 is 1.03. The predicted octanol–water partition coefficient (Wildman–Crippen LogP) is 3.22. The second-order valence-electron chi connectivity index (χ2n) is 5.13. The normalized spacial score (nSPS) is 11.2. The van der Waals surface area contributed by atoms with Gasteiger partial charge in [-0.3, -0.25) is 9.59 Å². The van der Waals surface area contributed by atoms with Crippen LogP contribution in [0.15, 0.2) is 18.2 Å². The molecule has 1 aromatic rings. The van der Waals surface area contributed by atoms with E-state index in [2.05, 4.69) is 0 Å². The summed E-state index contributed by atoms with van der Waals surface area (Å²) in [5.74, 6) is -2.62. The minimum Gasteiger partial charge on any atom is -0.459 e. The molecule has 0 spiro atoms. The van der Waals surface area contributed by atoms with E-state index in [4.69, 9.17) is 4.74 Å². The lowest BCUT2D eigenvalue weighted by Gasteiger charge is -2.19. The smallest absolute Gasteiger partial charge is 0.316 e. The monoisotopic (exact) mass is 302 g/mol. The Balaban J connectivity index is 2.46. The molecule has 0 amide bonds. The Labute approximate surface area is 120 Å². The number of ether oxygens (including phenoxy) is 1. The molecule has 20 heavy (non-hydrogen) atoms. The van der Waals surface area contributed by atoms with Crippen molar-refractivity contribution in [2.45, 2.75) is 26.4 Å². The largest absolute Gasteiger partial charge is 0.459 e. The zero-order valence-electron chi connectivity index (χ0n) is 11.5. The van der Waals surface area contributed by atoms with E-state index in [1.807, 2.05) is 0 Å². The standard InChI is InChI=1S/C14H16F2O3S/c1-14(2,3)19-13(18)8-20-7-12(17)10-5-4-9(15)6-11(10)16/h4-6H,7-8H2,1-3H3. The Morgan fingerprint density at radius 1 is 1.20 bits per heavy atom. The summed E-state index contributed by atoms with van der Waals surface area (Å²) < 4.78 is 31.1. The van der Waals surface area contributed by atoms with Crippen LogP contribution in [0.2, 0.25) is 0 Å². The van der Waals surface area contributed by atoms with Crippen molar-refractivity contribution in [2.75, 3.05) is 11.5 Å². The number of esters is 1. The van der Waals surface area contributed by atoms with Gasteiger partial charge in [-0.25, -0.2) is 8.78 Å². The zero-order chi connectivity index (χ0) is 15.3. The quantitative estimate of drug-likeness (QED) is 0.619. The molecule has 0 unspecified atom stereocenters. The molecule has 0 aliphatic carbocycles. The third-order valence-corrected chi connectivity index (χ3v) is 3.01. The van der Waals surface area contributed by atoms with Gasteiger partial charge in [-0.1, -0.05) is 0 Å². The van der Waals surface area contributed by atoms with Gasteiger partial charge in [-0.05, 0) is 32.9 Å². The highest BCUT2D eigenvalue weighted by Crippen LogP contribution is 2.14. The Bertz CT molecular complexity index is 510. The highest BCUT2D eigenvalue weighted by molar-refractivity contribution is 8.00. The minimum atomic E-state index is -0.895. The molecule has 3 nitrogen and oxygen atoms in total. The fraction of sp³-hybridized carbons (Fsp3) is 0.429. The Morgan fingerprint density at radius 2 is 1.85 bits per heavy atom. The predicted molar refractivity (Wildman–Crippen MR) is 73.9 cm³/mol. The molecular formula is C14H16F2O3S. The van der Waals surface area contributed by atoms with E-state index in [9.17, 15) is 18.4 Å². The summed E-state index contributed by atoms with van der Waals surface area (Å²) in [6.45, 7) is 5.23. The summed E-state index contributed by atoms with van der Waals surface area (Å²) in [6.07, 6.45) is 0. The second kappa shape index (κ2) is 6.83. The lowest BCUT2D eigenvalue weighted by molar-refractivity contribution is -0.151. The highest BCUT2D eigenvalue weighted by Gasteiger charge is 2.17. The third-order valence-electron chi connectivity index (χ3n) is 2.10. The molecule has 0 saturated carbocycles. The number of hydrogen-bond acceptors (Lipinski definition) is 4. The molecule has 0 aromatic heterocycles. The molecular weight excluding hydrogens is 286 g/mol. The lowest BCUT2D eigenvalue weighted by atomic mass is 10.1. The summed E-state index contributed by atoms with van der Waals surface area (Å²) in [5, 5.41) is 0. The Hall–Kier alpha value is -1.43. The van der Waals surface area contributed by atoms with Crippen LogP contribution in [0.3, 0.4) is 0 Å². The van der Waals surface area contributed by atoms with E-state index in [0.717, 1.165) is 23.9 Å². The minimum absolute atomic E-state index is 0.00578. The van der Waals surface area contributed by atoms with Crippen LogP contribution in [0.25, 0.3) is 0 Å². The Kier molecular flexibility index (Phi) is 5.68. The topological polar surface area (TPSA) is 43.4 Å². The van der Waals surface area contributed by atoms with Gasteiger partial charge in [0.1, 0.15) is 17.2 Å². The van der Waals surface area contributed by atoms with Crippen molar-refractivity contribution in [3.63, 3.8) is 0 Å². The highest BCUT2D eigenvalue weighted by atomic mass is 32.2. The molecule has 1 aromatic carbocycles. The molecule has 0 fully saturated rings. The molecule has 0 N–H and O–H groups in total. The zero-order valence-corrected chi connectivity index (χ0v) is 12.4. The number of Topliss-reactive ketones (excluding diaryl/α,β-unsaturated/α-hetero) is 1. The first-order chi connectivity index (χ1) is 9.19. The van der Waals surface area contributed by atoms with Gasteiger partial charge in [0, 0.05) is 6.07 Å². The van der Waals surface area contributed by atoms with Gasteiger partial charge >= 0.3 is 5.97 Å². The molecule has 0 bridgehead atoms. The summed E-state index contributed by atoms with van der Waals surface area (Å²) in [6, 6.07) is 2.78. The van der Waals surface area contributed by atoms with E-state index in [-0.39, 0.29) is 17.1 Å². The molecule has 0 aliphatic rings. The number of halogens is 2. The number of rotatable bonds is 5. The van der Waals surface area contributed by atoms with E-state index in [1.54, 1.807) is 20.8 Å². The van der Waals surface area contributed by atoms with Gasteiger partial charge in [0.15, 0.2) is 5.78 Å². The molecule has 0 heterocycles. The number of ketones is 1. The SMILES string of the molecule is CC(C)(C)OC(=O)CSCC(=O)c1ccc(F)cc1F. The molecule has 6 heteroatoms. The molecule has 0 aliphatic heterocycles. The number of hydrogen-bond donors (Lipinski definition) is 0. The van der Waals surface area contributed by atoms with Gasteiger partial charge in [-0.15, -0.1) is 11.8 Å². The van der Waals surface area contributed by atoms with E-state index >= 15 is 0 Å². The molecule has 0 atom stereocenters. The van der Waals surface area contributed by atoms with Gasteiger partial charge in [0.25, 0.3) is 0 Å². The van der Waals surface area contributed by atoms with Crippen molar-refractivity contribution in [1.29, 1.82) is 0 Å². The number of carbonyl (C=O) groups is 2. The van der Waals surface area contributed by atoms with Crippen molar-refractivity contribution < 1.29 is 23.1 Å². The lowest BCUT2D eigenvalue weighted by Crippen LogP contribution is -2.25. The first-order valence-corrected chi connectivity index (χ1v) is 7.12. The van der Waals surface area contributed by atoms with Crippen molar-refractivity contribution in [3.8, 4) is 0 Å². The van der Waals surface area contributed by atoms with Crippen LogP contribution in [0.4, 0.5) is 8.78 Å². The molecule has 110 valence electrons. The van der Waals surface area contributed by atoms with Crippen LogP contribution in [0.5, 0.6) is 0 Å². The average Bonchev–Trinajstić information content (AvgIpc) is 2.25. The summed E-state index contributed by atoms with van der Waals surface area (Å²) in [5.41, 5.74) is -0.756.